The maximum absolute atomic E-state index is 13.1. The van der Waals surface area contributed by atoms with Gasteiger partial charge in [0, 0.05) is 22.5 Å². The van der Waals surface area contributed by atoms with E-state index in [1.165, 1.54) is 18.2 Å². The van der Waals surface area contributed by atoms with Crippen LogP contribution in [0.1, 0.15) is 52.6 Å². The van der Waals surface area contributed by atoms with Gasteiger partial charge >= 0.3 is 0 Å². The van der Waals surface area contributed by atoms with Crippen molar-refractivity contribution in [3.63, 3.8) is 0 Å². The van der Waals surface area contributed by atoms with Crippen LogP contribution in [0.2, 0.25) is 0 Å². The van der Waals surface area contributed by atoms with Crippen molar-refractivity contribution in [2.75, 3.05) is 10.0 Å². The first kappa shape index (κ1) is 24.0. The summed E-state index contributed by atoms with van der Waals surface area (Å²) in [4.78, 5) is 24.0. The van der Waals surface area contributed by atoms with Gasteiger partial charge in [-0.2, -0.15) is 0 Å². The van der Waals surface area contributed by atoms with E-state index in [2.05, 4.69) is 10.0 Å². The SMILES string of the molecule is Cc1ccc(C(C)(C)C)cc1S(=O)(=O)Nc1cccc(C(=O)Nc2ccc(C(N)=O)cc2)c1. The number of rotatable bonds is 6. The highest BCUT2D eigenvalue weighted by Crippen LogP contribution is 2.28. The fourth-order valence-electron chi connectivity index (χ4n) is 3.21. The number of carbonyl (C=O) groups is 2. The van der Waals surface area contributed by atoms with Crippen LogP contribution in [0.5, 0.6) is 0 Å². The van der Waals surface area contributed by atoms with E-state index in [-0.39, 0.29) is 21.6 Å². The second-order valence-corrected chi connectivity index (χ2v) is 10.5. The van der Waals surface area contributed by atoms with E-state index in [1.54, 1.807) is 49.4 Å². The van der Waals surface area contributed by atoms with Crippen molar-refractivity contribution in [2.45, 2.75) is 38.0 Å². The van der Waals surface area contributed by atoms with Crippen molar-refractivity contribution >= 4 is 33.2 Å². The number of nitrogens with two attached hydrogens (primary N) is 1. The predicted molar refractivity (Wildman–Crippen MR) is 130 cm³/mol. The van der Waals surface area contributed by atoms with E-state index in [9.17, 15) is 18.0 Å². The lowest BCUT2D eigenvalue weighted by Gasteiger charge is -2.21. The van der Waals surface area contributed by atoms with Gasteiger partial charge in [-0.25, -0.2) is 8.42 Å². The summed E-state index contributed by atoms with van der Waals surface area (Å²) in [6, 6.07) is 17.8. The smallest absolute Gasteiger partial charge is 0.262 e. The highest BCUT2D eigenvalue weighted by molar-refractivity contribution is 7.92. The van der Waals surface area contributed by atoms with Gasteiger partial charge < -0.3 is 11.1 Å². The Hall–Kier alpha value is -3.65. The van der Waals surface area contributed by atoms with Crippen LogP contribution in [0.25, 0.3) is 0 Å². The Balaban J connectivity index is 1.82. The van der Waals surface area contributed by atoms with E-state index in [0.717, 1.165) is 5.56 Å². The summed E-state index contributed by atoms with van der Waals surface area (Å²) in [5.41, 5.74) is 7.90. The Kier molecular flexibility index (Phi) is 6.60. The zero-order valence-corrected chi connectivity index (χ0v) is 19.8. The molecule has 7 nitrogen and oxygen atoms in total. The van der Waals surface area contributed by atoms with Gasteiger partial charge in [0.2, 0.25) is 5.91 Å². The minimum Gasteiger partial charge on any atom is -0.366 e. The molecule has 0 unspecified atom stereocenters. The molecule has 0 saturated heterocycles. The molecule has 0 aliphatic carbocycles. The average Bonchev–Trinajstić information content (AvgIpc) is 2.73. The molecule has 3 aromatic carbocycles. The molecule has 0 spiro atoms. The summed E-state index contributed by atoms with van der Waals surface area (Å²) in [5.74, 6) is -0.982. The summed E-state index contributed by atoms with van der Waals surface area (Å²) >= 11 is 0. The van der Waals surface area contributed by atoms with Crippen LogP contribution >= 0.6 is 0 Å². The Bertz CT molecular complexity index is 1310. The highest BCUT2D eigenvalue weighted by atomic mass is 32.2. The summed E-state index contributed by atoms with van der Waals surface area (Å²) in [6.07, 6.45) is 0. The summed E-state index contributed by atoms with van der Waals surface area (Å²) in [6.45, 7) is 7.80. The monoisotopic (exact) mass is 465 g/mol. The van der Waals surface area contributed by atoms with Gasteiger partial charge in [-0.1, -0.05) is 39.0 Å². The van der Waals surface area contributed by atoms with Crippen LogP contribution in [-0.2, 0) is 15.4 Å². The summed E-state index contributed by atoms with van der Waals surface area (Å²) in [5, 5.41) is 2.71. The molecule has 172 valence electrons. The zero-order valence-electron chi connectivity index (χ0n) is 19.0. The molecule has 8 heteroatoms. The standard InChI is InChI=1S/C25H27N3O4S/c1-16-8-11-19(25(2,3)4)15-22(16)33(31,32)28-21-7-5-6-18(14-21)24(30)27-20-12-9-17(10-13-20)23(26)29/h5-15,28H,1-4H3,(H2,26,29)(H,27,30). The minimum absolute atomic E-state index is 0.194. The van der Waals surface area contributed by atoms with Crippen molar-refractivity contribution in [1.82, 2.24) is 0 Å². The lowest BCUT2D eigenvalue weighted by Crippen LogP contribution is -2.18. The molecule has 0 aromatic heterocycles. The number of carbonyl (C=O) groups excluding carboxylic acids is 2. The summed E-state index contributed by atoms with van der Waals surface area (Å²) < 4.78 is 28.8. The average molecular weight is 466 g/mol. The molecule has 0 aliphatic heterocycles. The van der Waals surface area contributed by atoms with Gasteiger partial charge in [0.1, 0.15) is 0 Å². The number of hydrogen-bond donors (Lipinski definition) is 3. The number of amides is 2. The Morgan fingerprint density at radius 1 is 0.848 bits per heavy atom. The lowest BCUT2D eigenvalue weighted by molar-refractivity contribution is 0.0998. The first-order valence-electron chi connectivity index (χ1n) is 10.3. The Morgan fingerprint density at radius 3 is 2.12 bits per heavy atom. The molecule has 0 bridgehead atoms. The molecule has 33 heavy (non-hydrogen) atoms. The molecule has 3 aromatic rings. The van der Waals surface area contributed by atoms with Crippen LogP contribution in [0.15, 0.2) is 71.6 Å². The van der Waals surface area contributed by atoms with Gasteiger partial charge in [-0.15, -0.1) is 0 Å². The molecule has 2 amide bonds. The van der Waals surface area contributed by atoms with Crippen LogP contribution in [0.3, 0.4) is 0 Å². The minimum atomic E-state index is -3.87. The second kappa shape index (κ2) is 9.07. The van der Waals surface area contributed by atoms with Crippen molar-refractivity contribution in [3.05, 3.63) is 89.0 Å². The van der Waals surface area contributed by atoms with Gasteiger partial charge in [-0.3, -0.25) is 14.3 Å². The van der Waals surface area contributed by atoms with Crippen molar-refractivity contribution in [2.24, 2.45) is 5.73 Å². The number of sulfonamides is 1. The quantitative estimate of drug-likeness (QED) is 0.498. The van der Waals surface area contributed by atoms with Gasteiger partial charge in [-0.05, 0) is 72.0 Å². The number of nitrogens with one attached hydrogen (secondary N) is 2. The van der Waals surface area contributed by atoms with Gasteiger partial charge in [0.05, 0.1) is 4.90 Å². The molecular weight excluding hydrogens is 438 g/mol. The molecule has 0 aliphatic rings. The Morgan fingerprint density at radius 2 is 1.52 bits per heavy atom. The van der Waals surface area contributed by atoms with E-state index >= 15 is 0 Å². The van der Waals surface area contributed by atoms with Crippen LogP contribution in [0.4, 0.5) is 11.4 Å². The van der Waals surface area contributed by atoms with Crippen molar-refractivity contribution in [1.29, 1.82) is 0 Å². The fourth-order valence-corrected chi connectivity index (χ4v) is 4.53. The summed E-state index contributed by atoms with van der Waals surface area (Å²) in [7, 11) is -3.87. The Labute approximate surface area is 194 Å². The molecule has 0 radical (unpaired) electrons. The van der Waals surface area contributed by atoms with E-state index in [4.69, 9.17) is 5.73 Å². The first-order valence-corrected chi connectivity index (χ1v) is 11.8. The normalized spacial score (nSPS) is 11.6. The number of anilines is 2. The molecule has 0 heterocycles. The molecule has 4 N–H and O–H groups in total. The van der Waals surface area contributed by atoms with Gasteiger partial charge in [0.15, 0.2) is 0 Å². The maximum atomic E-state index is 13.1. The lowest BCUT2D eigenvalue weighted by atomic mass is 9.87. The molecule has 0 atom stereocenters. The van der Waals surface area contributed by atoms with E-state index in [0.29, 0.717) is 16.8 Å². The van der Waals surface area contributed by atoms with Crippen LogP contribution in [0, 0.1) is 6.92 Å². The number of benzene rings is 3. The predicted octanol–water partition coefficient (Wildman–Crippen LogP) is 4.44. The molecule has 0 saturated carbocycles. The third-order valence-corrected chi connectivity index (χ3v) is 6.67. The first-order chi connectivity index (χ1) is 15.4. The third-order valence-electron chi connectivity index (χ3n) is 5.15. The molecule has 3 rings (SSSR count). The number of primary amides is 1. The van der Waals surface area contributed by atoms with Gasteiger partial charge in [0.25, 0.3) is 15.9 Å². The van der Waals surface area contributed by atoms with E-state index in [1.807, 2.05) is 26.8 Å². The zero-order chi connectivity index (χ0) is 24.4. The molecular formula is C25H27N3O4S. The highest BCUT2D eigenvalue weighted by Gasteiger charge is 2.22. The third kappa shape index (κ3) is 5.78. The van der Waals surface area contributed by atoms with E-state index < -0.39 is 21.8 Å². The van der Waals surface area contributed by atoms with Crippen molar-refractivity contribution < 1.29 is 18.0 Å². The van der Waals surface area contributed by atoms with Crippen molar-refractivity contribution in [3.8, 4) is 0 Å². The topological polar surface area (TPSA) is 118 Å². The largest absolute Gasteiger partial charge is 0.366 e. The number of hydrogen-bond acceptors (Lipinski definition) is 4. The second-order valence-electron chi connectivity index (χ2n) is 8.81. The molecule has 0 fully saturated rings. The van der Waals surface area contributed by atoms with Crippen LogP contribution in [-0.4, -0.2) is 20.2 Å². The number of aryl methyl sites for hydroxylation is 1. The fraction of sp³-hybridized carbons (Fsp3) is 0.200. The maximum Gasteiger partial charge on any atom is 0.262 e. The van der Waals surface area contributed by atoms with Crippen LogP contribution < -0.4 is 15.8 Å².